The third-order valence-corrected chi connectivity index (χ3v) is 4.06. The van der Waals surface area contributed by atoms with Gasteiger partial charge in [-0.3, -0.25) is 9.59 Å². The van der Waals surface area contributed by atoms with E-state index in [1.807, 2.05) is 44.2 Å². The van der Waals surface area contributed by atoms with Crippen molar-refractivity contribution < 1.29 is 19.1 Å². The van der Waals surface area contributed by atoms with Gasteiger partial charge in [-0.1, -0.05) is 18.2 Å². The molecule has 0 bridgehead atoms. The molecule has 0 atom stereocenters. The lowest BCUT2D eigenvalue weighted by atomic mass is 10.1. The van der Waals surface area contributed by atoms with Crippen LogP contribution >= 0.6 is 0 Å². The van der Waals surface area contributed by atoms with Gasteiger partial charge in [-0.05, 0) is 49.2 Å². The maximum absolute atomic E-state index is 12.1. The van der Waals surface area contributed by atoms with Crippen LogP contribution in [0.5, 0.6) is 11.5 Å². The molecular formula is C19H19NO4. The Kier molecular flexibility index (Phi) is 4.51. The average molecular weight is 325 g/mol. The van der Waals surface area contributed by atoms with E-state index >= 15 is 0 Å². The summed E-state index contributed by atoms with van der Waals surface area (Å²) in [5, 5.41) is 0. The number of benzene rings is 2. The molecule has 5 heteroatoms. The summed E-state index contributed by atoms with van der Waals surface area (Å²) in [7, 11) is 0. The Bertz CT molecular complexity index is 785. The monoisotopic (exact) mass is 325 g/mol. The van der Waals surface area contributed by atoms with Crippen molar-refractivity contribution in [3.05, 3.63) is 53.6 Å². The Morgan fingerprint density at radius 2 is 1.96 bits per heavy atom. The molecule has 0 aromatic heterocycles. The molecule has 0 aliphatic carbocycles. The predicted molar refractivity (Wildman–Crippen MR) is 90.5 cm³/mol. The van der Waals surface area contributed by atoms with Crippen molar-refractivity contribution in [2.45, 2.75) is 20.3 Å². The van der Waals surface area contributed by atoms with Crippen LogP contribution in [0.3, 0.4) is 0 Å². The molecule has 0 N–H and O–H groups in total. The fourth-order valence-electron chi connectivity index (χ4n) is 2.56. The molecule has 1 aliphatic rings. The third kappa shape index (κ3) is 3.40. The van der Waals surface area contributed by atoms with Gasteiger partial charge in [0.25, 0.3) is 5.91 Å². The number of hydrogen-bond donors (Lipinski definition) is 0. The van der Waals surface area contributed by atoms with Gasteiger partial charge in [0.1, 0.15) is 11.5 Å². The van der Waals surface area contributed by atoms with Crippen molar-refractivity contribution in [3.63, 3.8) is 0 Å². The maximum Gasteiger partial charge on any atom is 0.312 e. The topological polar surface area (TPSA) is 55.8 Å². The average Bonchev–Trinajstić information content (AvgIpc) is 2.57. The van der Waals surface area contributed by atoms with Crippen molar-refractivity contribution >= 4 is 17.6 Å². The summed E-state index contributed by atoms with van der Waals surface area (Å²) in [5.74, 6) is 0.652. The Morgan fingerprint density at radius 1 is 1.17 bits per heavy atom. The zero-order chi connectivity index (χ0) is 17.1. The molecular weight excluding hydrogens is 306 g/mol. The molecule has 0 unspecified atom stereocenters. The lowest BCUT2D eigenvalue weighted by Gasteiger charge is -2.28. The highest BCUT2D eigenvalue weighted by Gasteiger charge is 2.25. The number of carbonyl (C=O) groups excluding carboxylic acids is 2. The molecule has 3 rings (SSSR count). The molecule has 1 amide bonds. The number of anilines is 1. The summed E-state index contributed by atoms with van der Waals surface area (Å²) < 4.78 is 10.7. The molecule has 1 aliphatic heterocycles. The van der Waals surface area contributed by atoms with Crippen LogP contribution in [0.2, 0.25) is 0 Å². The second-order valence-electron chi connectivity index (χ2n) is 5.77. The predicted octanol–water partition coefficient (Wildman–Crippen LogP) is 3.02. The van der Waals surface area contributed by atoms with Crippen molar-refractivity contribution in [2.24, 2.45) is 0 Å². The molecule has 5 nitrogen and oxygen atoms in total. The number of ether oxygens (including phenoxy) is 2. The lowest BCUT2D eigenvalue weighted by molar-refractivity contribution is -0.134. The fraction of sp³-hybridized carbons (Fsp3) is 0.263. The Morgan fingerprint density at radius 3 is 2.75 bits per heavy atom. The van der Waals surface area contributed by atoms with Crippen LogP contribution in [0.4, 0.5) is 5.69 Å². The number of esters is 1. The van der Waals surface area contributed by atoms with Gasteiger partial charge in [-0.2, -0.15) is 0 Å². The van der Waals surface area contributed by atoms with E-state index in [-0.39, 0.29) is 31.4 Å². The Balaban J connectivity index is 1.64. The van der Waals surface area contributed by atoms with E-state index in [1.54, 1.807) is 17.0 Å². The summed E-state index contributed by atoms with van der Waals surface area (Å²) in [5.41, 5.74) is 2.90. The normalized spacial score (nSPS) is 13.2. The van der Waals surface area contributed by atoms with Crippen LogP contribution < -0.4 is 14.4 Å². The van der Waals surface area contributed by atoms with Gasteiger partial charge >= 0.3 is 5.97 Å². The zero-order valence-corrected chi connectivity index (χ0v) is 13.7. The summed E-state index contributed by atoms with van der Waals surface area (Å²) in [6, 6.07) is 12.8. The van der Waals surface area contributed by atoms with Crippen LogP contribution in [-0.4, -0.2) is 25.0 Å². The minimum Gasteiger partial charge on any atom is -0.482 e. The van der Waals surface area contributed by atoms with Crippen molar-refractivity contribution in [3.8, 4) is 11.5 Å². The molecule has 0 spiro atoms. The van der Waals surface area contributed by atoms with Gasteiger partial charge < -0.3 is 14.4 Å². The minimum atomic E-state index is -0.366. The molecule has 2 aromatic carbocycles. The van der Waals surface area contributed by atoms with Gasteiger partial charge in [0.05, 0.1) is 12.1 Å². The maximum atomic E-state index is 12.1. The minimum absolute atomic E-state index is 0.0107. The fourth-order valence-corrected chi connectivity index (χ4v) is 2.56. The van der Waals surface area contributed by atoms with E-state index in [0.717, 1.165) is 11.1 Å². The van der Waals surface area contributed by atoms with E-state index in [2.05, 4.69) is 0 Å². The Hall–Kier alpha value is -2.82. The van der Waals surface area contributed by atoms with Gasteiger partial charge in [-0.15, -0.1) is 0 Å². The number of aryl methyl sites for hydroxylation is 2. The van der Waals surface area contributed by atoms with Crippen LogP contribution in [0, 0.1) is 13.8 Å². The van der Waals surface area contributed by atoms with Crippen LogP contribution in [0.25, 0.3) is 0 Å². The van der Waals surface area contributed by atoms with E-state index in [0.29, 0.717) is 17.2 Å². The third-order valence-electron chi connectivity index (χ3n) is 4.06. The zero-order valence-electron chi connectivity index (χ0n) is 13.7. The van der Waals surface area contributed by atoms with Crippen LogP contribution in [-0.2, 0) is 9.59 Å². The molecule has 24 heavy (non-hydrogen) atoms. The standard InChI is InChI=1S/C19H19NO4/c1-13-7-8-15(11-14(13)2)24-19(22)9-10-20-16-5-3-4-6-17(16)23-12-18(20)21/h3-8,11H,9-10,12H2,1-2H3. The lowest BCUT2D eigenvalue weighted by Crippen LogP contribution is -2.40. The molecule has 0 fully saturated rings. The SMILES string of the molecule is Cc1ccc(OC(=O)CCN2C(=O)COc3ccccc32)cc1C. The highest BCUT2D eigenvalue weighted by molar-refractivity contribution is 5.98. The number of amides is 1. The van der Waals surface area contributed by atoms with E-state index < -0.39 is 0 Å². The first-order valence-corrected chi connectivity index (χ1v) is 7.85. The first kappa shape index (κ1) is 16.1. The van der Waals surface area contributed by atoms with Crippen LogP contribution in [0.1, 0.15) is 17.5 Å². The second kappa shape index (κ2) is 6.74. The molecule has 124 valence electrons. The number of fused-ring (bicyclic) bond motifs is 1. The smallest absolute Gasteiger partial charge is 0.312 e. The molecule has 0 radical (unpaired) electrons. The summed E-state index contributed by atoms with van der Waals surface area (Å²) in [6.07, 6.45) is 0.118. The van der Waals surface area contributed by atoms with Gasteiger partial charge in [-0.25, -0.2) is 0 Å². The van der Waals surface area contributed by atoms with Crippen molar-refractivity contribution in [1.82, 2.24) is 0 Å². The van der Waals surface area contributed by atoms with Gasteiger partial charge in [0.2, 0.25) is 0 Å². The summed E-state index contributed by atoms with van der Waals surface area (Å²) in [4.78, 5) is 25.7. The van der Waals surface area contributed by atoms with Gasteiger partial charge in [0, 0.05) is 6.54 Å². The largest absolute Gasteiger partial charge is 0.482 e. The summed E-state index contributed by atoms with van der Waals surface area (Å²) >= 11 is 0. The number of para-hydroxylation sites is 2. The molecule has 1 heterocycles. The van der Waals surface area contributed by atoms with Crippen LogP contribution in [0.15, 0.2) is 42.5 Å². The Labute approximate surface area is 140 Å². The number of rotatable bonds is 4. The number of carbonyl (C=O) groups is 2. The number of nitrogens with zero attached hydrogens (tertiary/aromatic N) is 1. The number of hydrogen-bond acceptors (Lipinski definition) is 4. The van der Waals surface area contributed by atoms with Crippen molar-refractivity contribution in [2.75, 3.05) is 18.1 Å². The van der Waals surface area contributed by atoms with E-state index in [4.69, 9.17) is 9.47 Å². The first-order chi connectivity index (χ1) is 11.5. The van der Waals surface area contributed by atoms with E-state index in [9.17, 15) is 9.59 Å². The van der Waals surface area contributed by atoms with Crippen molar-refractivity contribution in [1.29, 1.82) is 0 Å². The highest BCUT2D eigenvalue weighted by atomic mass is 16.5. The quantitative estimate of drug-likeness (QED) is 0.640. The molecule has 0 saturated heterocycles. The summed E-state index contributed by atoms with van der Waals surface area (Å²) in [6.45, 7) is 4.23. The van der Waals surface area contributed by atoms with E-state index in [1.165, 1.54) is 0 Å². The first-order valence-electron chi connectivity index (χ1n) is 7.85. The molecule has 2 aromatic rings. The highest BCUT2D eigenvalue weighted by Crippen LogP contribution is 2.31. The molecule has 0 saturated carbocycles. The van der Waals surface area contributed by atoms with Gasteiger partial charge in [0.15, 0.2) is 6.61 Å². The second-order valence-corrected chi connectivity index (χ2v) is 5.77.